The Kier molecular flexibility index (Phi) is 2.77. The van der Waals surface area contributed by atoms with Crippen LogP contribution in [0, 0.1) is 0 Å². The number of rotatable bonds is 1. The van der Waals surface area contributed by atoms with Crippen LogP contribution in [-0.4, -0.2) is 19.6 Å². The molecule has 0 aliphatic carbocycles. The molecule has 0 unspecified atom stereocenters. The second-order valence-electron chi connectivity index (χ2n) is 6.32. The van der Waals surface area contributed by atoms with Crippen LogP contribution < -0.4 is 5.56 Å². The molecule has 0 radical (unpaired) electrons. The van der Waals surface area contributed by atoms with Crippen molar-refractivity contribution in [1.29, 1.82) is 0 Å². The number of pyridine rings is 1. The minimum atomic E-state index is -0.0347. The number of aryl methyl sites for hydroxylation is 1. The number of phenolic OH excluding ortho intramolecular Hbond substituents is 1. The third-order valence-corrected chi connectivity index (χ3v) is 4.93. The Morgan fingerprint density at radius 3 is 2.72 bits per heavy atom. The minimum absolute atomic E-state index is 0.0347. The van der Waals surface area contributed by atoms with Crippen LogP contribution >= 0.6 is 0 Å². The first-order valence-electron chi connectivity index (χ1n) is 8.32. The average Bonchev–Trinajstić information content (AvgIpc) is 2.98. The Hall–Kier alpha value is -3.21. The van der Waals surface area contributed by atoms with E-state index in [0.717, 1.165) is 34.1 Å². The number of hydrogen-bond donors (Lipinski definition) is 1. The number of nitrogens with zero attached hydrogens (tertiary/aromatic N) is 3. The lowest BCUT2D eigenvalue weighted by Gasteiger charge is -2.10. The fourth-order valence-corrected chi connectivity index (χ4v) is 3.77. The van der Waals surface area contributed by atoms with E-state index in [2.05, 4.69) is 6.92 Å². The average molecular weight is 329 g/mol. The molecule has 3 heterocycles. The van der Waals surface area contributed by atoms with Gasteiger partial charge >= 0.3 is 0 Å². The maximum absolute atomic E-state index is 12.9. The van der Waals surface area contributed by atoms with Crippen molar-refractivity contribution in [1.82, 2.24) is 14.5 Å². The number of phenols is 1. The minimum Gasteiger partial charge on any atom is -0.508 e. The highest BCUT2D eigenvalue weighted by molar-refractivity contribution is 5.89. The van der Waals surface area contributed by atoms with Crippen molar-refractivity contribution < 1.29 is 5.11 Å². The summed E-state index contributed by atoms with van der Waals surface area (Å²) in [5.41, 5.74) is 4.39. The van der Waals surface area contributed by atoms with Gasteiger partial charge in [0.2, 0.25) is 0 Å². The monoisotopic (exact) mass is 329 g/mol. The normalized spacial score (nSPS) is 12.5. The highest BCUT2D eigenvalue weighted by Crippen LogP contribution is 2.36. The lowest BCUT2D eigenvalue weighted by molar-refractivity contribution is 0.476. The summed E-state index contributed by atoms with van der Waals surface area (Å²) in [6, 6.07) is 12.6. The summed E-state index contributed by atoms with van der Waals surface area (Å²) in [5, 5.41) is 11.4. The number of aromatic nitrogens is 3. The fraction of sp³-hybridized carbons (Fsp3) is 0.150. The molecular formula is C20H15N3O2. The van der Waals surface area contributed by atoms with Crippen molar-refractivity contribution in [3.05, 3.63) is 63.9 Å². The number of hydrogen-bond acceptors (Lipinski definition) is 4. The molecule has 1 aliphatic heterocycles. The first-order valence-corrected chi connectivity index (χ1v) is 8.32. The number of benzene rings is 2. The highest BCUT2D eigenvalue weighted by atomic mass is 16.3. The number of fused-ring (bicyclic) bond motifs is 5. The van der Waals surface area contributed by atoms with Crippen molar-refractivity contribution in [2.75, 3.05) is 0 Å². The van der Waals surface area contributed by atoms with Gasteiger partial charge in [-0.1, -0.05) is 19.1 Å². The fourth-order valence-electron chi connectivity index (χ4n) is 3.77. The predicted octanol–water partition coefficient (Wildman–Crippen LogP) is 3.24. The molecule has 0 saturated carbocycles. The van der Waals surface area contributed by atoms with E-state index in [9.17, 15) is 9.90 Å². The maximum Gasteiger partial charge on any atom is 0.262 e. The SMILES string of the molecule is CCc1c2c(nc3ccc(O)cc13)-c1nc3ccccc3c(=O)n1C2. The zero-order chi connectivity index (χ0) is 17.1. The van der Waals surface area contributed by atoms with Gasteiger partial charge in [0.25, 0.3) is 5.56 Å². The van der Waals surface area contributed by atoms with E-state index >= 15 is 0 Å². The van der Waals surface area contributed by atoms with Gasteiger partial charge in [-0.2, -0.15) is 0 Å². The largest absolute Gasteiger partial charge is 0.508 e. The van der Waals surface area contributed by atoms with Crippen molar-refractivity contribution in [2.24, 2.45) is 0 Å². The molecule has 5 rings (SSSR count). The second-order valence-corrected chi connectivity index (χ2v) is 6.32. The summed E-state index contributed by atoms with van der Waals surface area (Å²) in [6.07, 6.45) is 0.799. The van der Waals surface area contributed by atoms with Crippen LogP contribution in [-0.2, 0) is 13.0 Å². The van der Waals surface area contributed by atoms with E-state index in [4.69, 9.17) is 9.97 Å². The quantitative estimate of drug-likeness (QED) is 0.513. The number of aromatic hydroxyl groups is 1. The van der Waals surface area contributed by atoms with Crippen LogP contribution in [0.4, 0.5) is 0 Å². The Balaban J connectivity index is 1.90. The molecule has 0 saturated heterocycles. The van der Waals surface area contributed by atoms with Crippen LogP contribution in [0.15, 0.2) is 47.3 Å². The summed E-state index contributed by atoms with van der Waals surface area (Å²) in [5.74, 6) is 0.851. The third kappa shape index (κ3) is 1.86. The molecule has 4 aromatic rings. The van der Waals surface area contributed by atoms with Crippen molar-refractivity contribution in [2.45, 2.75) is 19.9 Å². The Morgan fingerprint density at radius 2 is 1.88 bits per heavy atom. The third-order valence-electron chi connectivity index (χ3n) is 4.93. The highest BCUT2D eigenvalue weighted by Gasteiger charge is 2.27. The first kappa shape index (κ1) is 14.2. The Bertz CT molecular complexity index is 1240. The molecule has 122 valence electrons. The lowest BCUT2D eigenvalue weighted by Crippen LogP contribution is -2.20. The number of para-hydroxylation sites is 1. The van der Waals surface area contributed by atoms with E-state index < -0.39 is 0 Å². The first-order chi connectivity index (χ1) is 12.2. The molecular weight excluding hydrogens is 314 g/mol. The van der Waals surface area contributed by atoms with E-state index in [-0.39, 0.29) is 11.3 Å². The lowest BCUT2D eigenvalue weighted by atomic mass is 9.99. The molecule has 5 nitrogen and oxygen atoms in total. The van der Waals surface area contributed by atoms with Crippen molar-refractivity contribution in [3.63, 3.8) is 0 Å². The van der Waals surface area contributed by atoms with Gasteiger partial charge < -0.3 is 5.11 Å². The van der Waals surface area contributed by atoms with Gasteiger partial charge in [-0.05, 0) is 42.3 Å². The standard InChI is InChI=1S/C20H15N3O2/c1-2-12-14-9-11(24)7-8-17(14)21-18-15(12)10-23-19(18)22-16-6-4-3-5-13(16)20(23)25/h3-9,24H,2,10H2,1H3. The zero-order valence-corrected chi connectivity index (χ0v) is 13.7. The van der Waals surface area contributed by atoms with E-state index in [1.54, 1.807) is 16.7 Å². The molecule has 25 heavy (non-hydrogen) atoms. The second kappa shape index (κ2) is 4.89. The summed E-state index contributed by atoms with van der Waals surface area (Å²) < 4.78 is 1.71. The molecule has 0 atom stereocenters. The van der Waals surface area contributed by atoms with E-state index in [0.29, 0.717) is 23.3 Å². The van der Waals surface area contributed by atoms with E-state index in [1.807, 2.05) is 30.3 Å². The van der Waals surface area contributed by atoms with Crippen LogP contribution in [0.3, 0.4) is 0 Å². The van der Waals surface area contributed by atoms with Gasteiger partial charge in [0.1, 0.15) is 11.4 Å². The topological polar surface area (TPSA) is 68.0 Å². The summed E-state index contributed by atoms with van der Waals surface area (Å²) >= 11 is 0. The van der Waals surface area contributed by atoms with Crippen molar-refractivity contribution >= 4 is 21.8 Å². The summed E-state index contributed by atoms with van der Waals surface area (Å²) in [4.78, 5) is 22.4. The summed E-state index contributed by atoms with van der Waals surface area (Å²) in [7, 11) is 0. The van der Waals surface area contributed by atoms with Gasteiger partial charge in [0.05, 0.1) is 23.0 Å². The van der Waals surface area contributed by atoms with Gasteiger partial charge in [0.15, 0.2) is 5.82 Å². The molecule has 0 fully saturated rings. The smallest absolute Gasteiger partial charge is 0.262 e. The van der Waals surface area contributed by atoms with Crippen molar-refractivity contribution in [3.8, 4) is 17.3 Å². The maximum atomic E-state index is 12.9. The van der Waals surface area contributed by atoms with Gasteiger partial charge in [-0.25, -0.2) is 9.97 Å². The summed E-state index contributed by atoms with van der Waals surface area (Å²) in [6.45, 7) is 2.55. The molecule has 5 heteroatoms. The van der Waals surface area contributed by atoms with E-state index in [1.165, 1.54) is 0 Å². The predicted molar refractivity (Wildman–Crippen MR) is 96.9 cm³/mol. The Morgan fingerprint density at radius 1 is 1.08 bits per heavy atom. The molecule has 2 aromatic carbocycles. The van der Waals surface area contributed by atoms with Crippen LogP contribution in [0.5, 0.6) is 5.75 Å². The molecule has 0 amide bonds. The molecule has 1 N–H and O–H groups in total. The zero-order valence-electron chi connectivity index (χ0n) is 13.7. The van der Waals surface area contributed by atoms with Crippen LogP contribution in [0.25, 0.3) is 33.3 Å². The van der Waals surface area contributed by atoms with Crippen LogP contribution in [0.1, 0.15) is 18.1 Å². The Labute approximate surface area is 143 Å². The molecule has 0 spiro atoms. The van der Waals surface area contributed by atoms with Crippen LogP contribution in [0.2, 0.25) is 0 Å². The molecule has 0 bridgehead atoms. The van der Waals surface area contributed by atoms with Gasteiger partial charge in [-0.3, -0.25) is 9.36 Å². The molecule has 2 aromatic heterocycles. The van der Waals surface area contributed by atoms with Gasteiger partial charge in [-0.15, -0.1) is 0 Å². The molecule has 1 aliphatic rings. The van der Waals surface area contributed by atoms with Gasteiger partial charge in [0, 0.05) is 10.9 Å².